The molecule has 0 unspecified atom stereocenters. The fourth-order valence-electron chi connectivity index (χ4n) is 1.48. The Kier molecular flexibility index (Phi) is 4.10. The van der Waals surface area contributed by atoms with Crippen molar-refractivity contribution in [1.29, 1.82) is 0 Å². The van der Waals surface area contributed by atoms with Crippen molar-refractivity contribution in [2.75, 3.05) is 19.0 Å². The van der Waals surface area contributed by atoms with Crippen molar-refractivity contribution in [3.8, 4) is 0 Å². The summed E-state index contributed by atoms with van der Waals surface area (Å²) in [6, 6.07) is 0. The number of esters is 1. The van der Waals surface area contributed by atoms with Crippen LogP contribution in [0.1, 0.15) is 27.1 Å². The Morgan fingerprint density at radius 3 is 2.84 bits per heavy atom. The molecule has 2 aromatic rings. The Hall–Kier alpha value is -1.96. The van der Waals surface area contributed by atoms with Gasteiger partial charge in [0.25, 0.3) is 0 Å². The maximum atomic E-state index is 11.4. The number of anilines is 1. The number of hydrogen-bond acceptors (Lipinski definition) is 8. The van der Waals surface area contributed by atoms with Gasteiger partial charge in [0.2, 0.25) is 5.89 Å². The van der Waals surface area contributed by atoms with Crippen molar-refractivity contribution >= 4 is 22.4 Å². The highest BCUT2D eigenvalue weighted by molar-refractivity contribution is 7.15. The van der Waals surface area contributed by atoms with E-state index in [4.69, 9.17) is 4.52 Å². The Morgan fingerprint density at radius 2 is 2.21 bits per heavy atom. The maximum absolute atomic E-state index is 11.4. The molecule has 0 bridgehead atoms. The van der Waals surface area contributed by atoms with E-state index < -0.39 is 5.97 Å². The molecule has 1 N–H and O–H groups in total. The van der Waals surface area contributed by atoms with E-state index in [0.717, 1.165) is 4.88 Å². The van der Waals surface area contributed by atoms with Gasteiger partial charge in [-0.15, -0.1) is 11.3 Å². The topological polar surface area (TPSA) is 90.1 Å². The van der Waals surface area contributed by atoms with Crippen molar-refractivity contribution in [2.24, 2.45) is 0 Å². The lowest BCUT2D eigenvalue weighted by Gasteiger charge is -1.98. The van der Waals surface area contributed by atoms with Gasteiger partial charge in [-0.05, 0) is 6.92 Å². The van der Waals surface area contributed by atoms with E-state index in [9.17, 15) is 4.79 Å². The number of thiazole rings is 1. The number of carbonyl (C=O) groups is 1. The van der Waals surface area contributed by atoms with Crippen LogP contribution in [0.25, 0.3) is 0 Å². The molecule has 2 rings (SSSR count). The van der Waals surface area contributed by atoms with Gasteiger partial charge < -0.3 is 14.6 Å². The van der Waals surface area contributed by atoms with Crippen LogP contribution in [0, 0.1) is 13.8 Å². The van der Waals surface area contributed by atoms with E-state index in [1.165, 1.54) is 18.4 Å². The summed E-state index contributed by atoms with van der Waals surface area (Å²) in [5, 5.41) is 7.59. The summed E-state index contributed by atoms with van der Waals surface area (Å²) in [7, 11) is 1.34. The smallest absolute Gasteiger partial charge is 0.357 e. The number of ether oxygens (including phenoxy) is 1. The molecule has 0 amide bonds. The highest BCUT2D eigenvalue weighted by Gasteiger charge is 2.15. The van der Waals surface area contributed by atoms with E-state index in [1.807, 2.05) is 6.92 Å². The molecule has 0 radical (unpaired) electrons. The summed E-state index contributed by atoms with van der Waals surface area (Å²) in [4.78, 5) is 20.5. The van der Waals surface area contributed by atoms with Crippen molar-refractivity contribution in [2.45, 2.75) is 20.3 Å². The zero-order valence-corrected chi connectivity index (χ0v) is 11.7. The van der Waals surface area contributed by atoms with Gasteiger partial charge in [-0.1, -0.05) is 5.16 Å². The third-order valence-electron chi connectivity index (χ3n) is 2.37. The lowest BCUT2D eigenvalue weighted by atomic mass is 10.4. The molecule has 0 aliphatic heterocycles. The van der Waals surface area contributed by atoms with Crippen LogP contribution in [0.3, 0.4) is 0 Å². The monoisotopic (exact) mass is 282 g/mol. The van der Waals surface area contributed by atoms with E-state index in [1.54, 1.807) is 6.92 Å². The van der Waals surface area contributed by atoms with Gasteiger partial charge in [0.1, 0.15) is 0 Å². The summed E-state index contributed by atoms with van der Waals surface area (Å²) < 4.78 is 9.53. The summed E-state index contributed by atoms with van der Waals surface area (Å²) in [5.74, 6) is 0.773. The molecule has 0 fully saturated rings. The first kappa shape index (κ1) is 13.5. The molecular formula is C11H14N4O3S. The van der Waals surface area contributed by atoms with Crippen LogP contribution in [0.15, 0.2) is 4.52 Å². The lowest BCUT2D eigenvalue weighted by Crippen LogP contribution is -2.07. The van der Waals surface area contributed by atoms with Gasteiger partial charge in [-0.25, -0.2) is 9.78 Å². The number of carbonyl (C=O) groups excluding carboxylic acids is 1. The van der Waals surface area contributed by atoms with Crippen LogP contribution >= 0.6 is 11.3 Å². The average Bonchev–Trinajstić information content (AvgIpc) is 2.95. The summed E-state index contributed by atoms with van der Waals surface area (Å²) in [5.41, 5.74) is 0.352. The molecular weight excluding hydrogens is 268 g/mol. The molecule has 8 heteroatoms. The first-order chi connectivity index (χ1) is 9.10. The molecule has 0 spiro atoms. The third kappa shape index (κ3) is 3.28. The molecule has 0 aliphatic carbocycles. The van der Waals surface area contributed by atoms with Gasteiger partial charge in [0, 0.05) is 24.8 Å². The first-order valence-corrected chi connectivity index (χ1v) is 6.50. The first-order valence-electron chi connectivity index (χ1n) is 5.69. The number of nitrogens with one attached hydrogen (secondary N) is 1. The van der Waals surface area contributed by atoms with Crippen LogP contribution in [0.4, 0.5) is 5.13 Å². The van der Waals surface area contributed by atoms with Crippen LogP contribution in [-0.4, -0.2) is 34.7 Å². The second kappa shape index (κ2) is 5.79. The molecule has 19 heavy (non-hydrogen) atoms. The minimum absolute atomic E-state index is 0.352. The van der Waals surface area contributed by atoms with Gasteiger partial charge in [-0.3, -0.25) is 0 Å². The van der Waals surface area contributed by atoms with Crippen molar-refractivity contribution in [3.63, 3.8) is 0 Å². The number of rotatable bonds is 5. The molecule has 0 aliphatic rings. The van der Waals surface area contributed by atoms with Gasteiger partial charge in [-0.2, -0.15) is 4.98 Å². The Bertz CT molecular complexity index is 578. The molecule has 0 saturated heterocycles. The van der Waals surface area contributed by atoms with Crippen LogP contribution < -0.4 is 5.32 Å². The minimum atomic E-state index is -0.421. The number of aromatic nitrogens is 3. The number of methoxy groups -OCH3 is 1. The maximum Gasteiger partial charge on any atom is 0.357 e. The fourth-order valence-corrected chi connectivity index (χ4v) is 2.31. The van der Waals surface area contributed by atoms with Gasteiger partial charge in [0.15, 0.2) is 16.6 Å². The largest absolute Gasteiger partial charge is 0.464 e. The molecule has 0 atom stereocenters. The van der Waals surface area contributed by atoms with Gasteiger partial charge >= 0.3 is 5.97 Å². The second-order valence-corrected chi connectivity index (χ2v) is 5.02. The van der Waals surface area contributed by atoms with E-state index in [2.05, 4.69) is 25.2 Å². The Labute approximate surface area is 114 Å². The highest BCUT2D eigenvalue weighted by atomic mass is 32.1. The Balaban J connectivity index is 1.91. The van der Waals surface area contributed by atoms with Crippen LogP contribution in [0.2, 0.25) is 0 Å². The van der Waals surface area contributed by atoms with Crippen molar-refractivity contribution in [3.05, 3.63) is 22.3 Å². The Morgan fingerprint density at radius 1 is 1.42 bits per heavy atom. The SMILES string of the molecule is COC(=O)c1nc(NCCc2noc(C)n2)sc1C. The predicted octanol–water partition coefficient (Wildman–Crippen LogP) is 1.58. The van der Waals surface area contributed by atoms with Crippen LogP contribution in [-0.2, 0) is 11.2 Å². The summed E-state index contributed by atoms with van der Waals surface area (Å²) in [6.45, 7) is 4.20. The molecule has 2 heterocycles. The zero-order chi connectivity index (χ0) is 13.8. The molecule has 7 nitrogen and oxygen atoms in total. The minimum Gasteiger partial charge on any atom is -0.464 e. The second-order valence-electron chi connectivity index (χ2n) is 3.82. The molecule has 102 valence electrons. The number of nitrogens with zero attached hydrogens (tertiary/aromatic N) is 3. The van der Waals surface area contributed by atoms with Crippen molar-refractivity contribution < 1.29 is 14.1 Å². The highest BCUT2D eigenvalue weighted by Crippen LogP contribution is 2.22. The normalized spacial score (nSPS) is 10.5. The molecule has 0 saturated carbocycles. The average molecular weight is 282 g/mol. The number of aryl methyl sites for hydroxylation is 2. The zero-order valence-electron chi connectivity index (χ0n) is 10.9. The van der Waals surface area contributed by atoms with Crippen molar-refractivity contribution in [1.82, 2.24) is 15.1 Å². The molecule has 0 aromatic carbocycles. The van der Waals surface area contributed by atoms with E-state index >= 15 is 0 Å². The van der Waals surface area contributed by atoms with Crippen LogP contribution in [0.5, 0.6) is 0 Å². The standard InChI is InChI=1S/C11H14N4O3S/c1-6-9(10(16)17-3)14-11(19-6)12-5-4-8-13-7(2)18-15-8/h4-5H2,1-3H3,(H,12,14). The predicted molar refractivity (Wildman–Crippen MR) is 69.4 cm³/mol. The summed E-state index contributed by atoms with van der Waals surface area (Å²) >= 11 is 1.41. The molecule has 2 aromatic heterocycles. The van der Waals surface area contributed by atoms with Gasteiger partial charge in [0.05, 0.1) is 7.11 Å². The lowest BCUT2D eigenvalue weighted by molar-refractivity contribution is 0.0594. The number of hydrogen-bond donors (Lipinski definition) is 1. The third-order valence-corrected chi connectivity index (χ3v) is 3.30. The summed E-state index contributed by atoms with van der Waals surface area (Å²) in [6.07, 6.45) is 0.628. The quantitative estimate of drug-likeness (QED) is 0.832. The van der Waals surface area contributed by atoms with E-state index in [0.29, 0.717) is 35.5 Å². The van der Waals surface area contributed by atoms with E-state index in [-0.39, 0.29) is 0 Å². The fraction of sp³-hybridized carbons (Fsp3) is 0.455.